The van der Waals surface area contributed by atoms with E-state index in [0.717, 1.165) is 22.4 Å². The maximum atomic E-state index is 13.7. The summed E-state index contributed by atoms with van der Waals surface area (Å²) in [4.78, 5) is 17.9. The van der Waals surface area contributed by atoms with Gasteiger partial charge in [-0.15, -0.1) is 0 Å². The number of methoxy groups -OCH3 is 1. The van der Waals surface area contributed by atoms with E-state index < -0.39 is 5.41 Å². The molecule has 0 spiro atoms. The molecule has 0 radical (unpaired) electrons. The second-order valence-electron chi connectivity index (χ2n) is 7.91. The lowest BCUT2D eigenvalue weighted by molar-refractivity contribution is -0.149. The van der Waals surface area contributed by atoms with Gasteiger partial charge in [0.25, 0.3) is 0 Å². The van der Waals surface area contributed by atoms with Crippen LogP contribution in [0, 0.1) is 11.2 Å². The van der Waals surface area contributed by atoms with Gasteiger partial charge in [-0.1, -0.05) is 78.9 Å². The van der Waals surface area contributed by atoms with Crippen molar-refractivity contribution >= 4 is 27.6 Å². The monoisotopic (exact) mass is 491 g/mol. The van der Waals surface area contributed by atoms with E-state index in [9.17, 15) is 9.18 Å². The second kappa shape index (κ2) is 9.61. The predicted octanol–water partition coefficient (Wildman–Crippen LogP) is 6.16. The van der Waals surface area contributed by atoms with Gasteiger partial charge in [0.15, 0.2) is 0 Å². The van der Waals surface area contributed by atoms with Crippen LogP contribution in [0.5, 0.6) is 0 Å². The number of benzene rings is 3. The number of carbonyl (C=O) groups is 1. The van der Waals surface area contributed by atoms with Crippen LogP contribution in [0.3, 0.4) is 0 Å². The Morgan fingerprint density at radius 3 is 2.25 bits per heavy atom. The van der Waals surface area contributed by atoms with Gasteiger partial charge in [-0.2, -0.15) is 0 Å². The maximum absolute atomic E-state index is 13.7. The summed E-state index contributed by atoms with van der Waals surface area (Å²) in [5.41, 5.74) is 2.92. The molecule has 0 amide bonds. The van der Waals surface area contributed by atoms with Crippen LogP contribution in [0.4, 0.5) is 4.39 Å². The van der Waals surface area contributed by atoms with E-state index >= 15 is 0 Å². The molecule has 3 aromatic rings. The summed E-state index contributed by atoms with van der Waals surface area (Å²) in [7, 11) is 1.40. The molecule has 1 aliphatic rings. The molecule has 0 saturated heterocycles. The van der Waals surface area contributed by atoms with Crippen LogP contribution in [0.15, 0.2) is 100 Å². The lowest BCUT2D eigenvalue weighted by Gasteiger charge is -2.25. The van der Waals surface area contributed by atoms with Crippen molar-refractivity contribution in [1.29, 1.82) is 0 Å². The van der Waals surface area contributed by atoms with E-state index in [1.165, 1.54) is 13.2 Å². The number of carbonyl (C=O) groups excluding carboxylic acids is 1. The first-order chi connectivity index (χ1) is 15.5. The molecule has 2 atom stereocenters. The molecule has 0 aliphatic heterocycles. The highest BCUT2D eigenvalue weighted by Crippen LogP contribution is 2.39. The molecular formula is C27H23BrFNO2. The van der Waals surface area contributed by atoms with Crippen molar-refractivity contribution in [3.8, 4) is 0 Å². The summed E-state index contributed by atoms with van der Waals surface area (Å²) >= 11 is 3.23. The van der Waals surface area contributed by atoms with E-state index in [4.69, 9.17) is 9.73 Å². The molecule has 0 N–H and O–H groups in total. The van der Waals surface area contributed by atoms with Crippen LogP contribution in [-0.2, 0) is 16.0 Å². The fourth-order valence-corrected chi connectivity index (χ4v) is 4.56. The fraction of sp³-hybridized carbons (Fsp3) is 0.185. The number of halogens is 2. The Labute approximate surface area is 195 Å². The normalized spacial score (nSPS) is 19.5. The number of nitrogens with zero attached hydrogens (tertiary/aromatic N) is 1. The second-order valence-corrected chi connectivity index (χ2v) is 8.77. The van der Waals surface area contributed by atoms with Crippen molar-refractivity contribution in [2.24, 2.45) is 10.4 Å². The van der Waals surface area contributed by atoms with Crippen molar-refractivity contribution in [1.82, 2.24) is 0 Å². The van der Waals surface area contributed by atoms with Gasteiger partial charge < -0.3 is 4.74 Å². The third-order valence-electron chi connectivity index (χ3n) is 5.70. The largest absolute Gasteiger partial charge is 0.468 e. The van der Waals surface area contributed by atoms with Crippen molar-refractivity contribution in [3.05, 3.63) is 118 Å². The number of esters is 1. The first-order valence-corrected chi connectivity index (χ1v) is 11.2. The average Bonchev–Trinajstić information content (AvgIpc) is 3.24. The first kappa shape index (κ1) is 22.2. The molecular weight excluding hydrogens is 469 g/mol. The Kier molecular flexibility index (Phi) is 6.66. The Morgan fingerprint density at radius 1 is 1.06 bits per heavy atom. The molecule has 0 aromatic heterocycles. The summed E-state index contributed by atoms with van der Waals surface area (Å²) in [6.07, 6.45) is 4.77. The smallest absolute Gasteiger partial charge is 0.316 e. The molecule has 4 rings (SSSR count). The zero-order valence-corrected chi connectivity index (χ0v) is 19.3. The molecule has 0 heterocycles. The van der Waals surface area contributed by atoms with Gasteiger partial charge in [0, 0.05) is 11.1 Å². The minimum absolute atomic E-state index is 0.187. The van der Waals surface area contributed by atoms with Gasteiger partial charge in [-0.25, -0.2) is 4.39 Å². The maximum Gasteiger partial charge on any atom is 0.316 e. The van der Waals surface area contributed by atoms with Gasteiger partial charge in [0.1, 0.15) is 5.82 Å². The minimum atomic E-state index is -0.849. The van der Waals surface area contributed by atoms with Gasteiger partial charge in [-0.05, 0) is 46.5 Å². The summed E-state index contributed by atoms with van der Waals surface area (Å²) in [6.45, 7) is 0. The quantitative estimate of drug-likeness (QED) is 0.235. The molecule has 0 fully saturated rings. The van der Waals surface area contributed by atoms with E-state index in [2.05, 4.69) is 15.9 Å². The number of hydrogen-bond acceptors (Lipinski definition) is 3. The standard InChI is InChI=1S/C27H23BrFNO2/c1-32-26(31)27(17-19-12-13-24(29)23(28)16-19)15-14-22(18-27)30-25(20-8-4-2-5-9-20)21-10-6-3-7-11-21/h2-16,22H,17-18H2,1H3/t22-,27+/m0/s1. The summed E-state index contributed by atoms with van der Waals surface area (Å²) in [5.74, 6) is -0.645. The zero-order chi connectivity index (χ0) is 22.6. The van der Waals surface area contributed by atoms with Crippen LogP contribution < -0.4 is 0 Å². The van der Waals surface area contributed by atoms with E-state index in [-0.39, 0.29) is 17.8 Å². The van der Waals surface area contributed by atoms with Crippen LogP contribution in [-0.4, -0.2) is 24.8 Å². The molecule has 3 aromatic carbocycles. The number of aliphatic imine (C=N–C) groups is 1. The van der Waals surface area contributed by atoms with E-state index in [1.54, 1.807) is 12.1 Å². The third-order valence-corrected chi connectivity index (χ3v) is 6.30. The van der Waals surface area contributed by atoms with Crippen molar-refractivity contribution < 1.29 is 13.9 Å². The fourth-order valence-electron chi connectivity index (χ4n) is 4.14. The van der Waals surface area contributed by atoms with Crippen molar-refractivity contribution in [2.75, 3.05) is 7.11 Å². The van der Waals surface area contributed by atoms with Gasteiger partial charge in [0.2, 0.25) is 0 Å². The molecule has 32 heavy (non-hydrogen) atoms. The van der Waals surface area contributed by atoms with Gasteiger partial charge in [-0.3, -0.25) is 9.79 Å². The SMILES string of the molecule is COC(=O)[C@@]1(Cc2ccc(F)c(Br)c2)C=C[C@H](N=C(c2ccccc2)c2ccccc2)C1. The first-order valence-electron chi connectivity index (χ1n) is 10.4. The van der Waals surface area contributed by atoms with Crippen LogP contribution >= 0.6 is 15.9 Å². The summed E-state index contributed by atoms with van der Waals surface area (Å²) in [5, 5.41) is 0. The van der Waals surface area contributed by atoms with Crippen molar-refractivity contribution in [3.63, 3.8) is 0 Å². The highest BCUT2D eigenvalue weighted by Gasteiger charge is 2.43. The van der Waals surface area contributed by atoms with Crippen LogP contribution in [0.25, 0.3) is 0 Å². The van der Waals surface area contributed by atoms with Crippen LogP contribution in [0.1, 0.15) is 23.1 Å². The highest BCUT2D eigenvalue weighted by atomic mass is 79.9. The number of hydrogen-bond donors (Lipinski definition) is 0. The molecule has 5 heteroatoms. The Balaban J connectivity index is 1.67. The van der Waals surface area contributed by atoms with E-state index in [0.29, 0.717) is 17.3 Å². The van der Waals surface area contributed by atoms with Crippen LogP contribution in [0.2, 0.25) is 0 Å². The minimum Gasteiger partial charge on any atom is -0.468 e. The Hall–Kier alpha value is -3.05. The average molecular weight is 492 g/mol. The Morgan fingerprint density at radius 2 is 1.69 bits per heavy atom. The predicted molar refractivity (Wildman–Crippen MR) is 128 cm³/mol. The molecule has 0 unspecified atom stereocenters. The highest BCUT2D eigenvalue weighted by molar-refractivity contribution is 9.10. The van der Waals surface area contributed by atoms with Crippen molar-refractivity contribution in [2.45, 2.75) is 18.9 Å². The number of ether oxygens (including phenoxy) is 1. The molecule has 0 bridgehead atoms. The molecule has 0 saturated carbocycles. The zero-order valence-electron chi connectivity index (χ0n) is 17.7. The topological polar surface area (TPSA) is 38.7 Å². The number of rotatable bonds is 6. The lowest BCUT2D eigenvalue weighted by Crippen LogP contribution is -2.32. The van der Waals surface area contributed by atoms with E-state index in [1.807, 2.05) is 72.8 Å². The van der Waals surface area contributed by atoms with Gasteiger partial charge in [0.05, 0.1) is 28.8 Å². The Bertz CT molecular complexity index is 1120. The third kappa shape index (κ3) is 4.73. The molecule has 3 nitrogen and oxygen atoms in total. The lowest BCUT2D eigenvalue weighted by atomic mass is 9.80. The summed E-state index contributed by atoms with van der Waals surface area (Å²) in [6, 6.07) is 24.7. The molecule has 162 valence electrons. The van der Waals surface area contributed by atoms with Gasteiger partial charge >= 0.3 is 5.97 Å². The molecule has 1 aliphatic carbocycles. The summed E-state index contributed by atoms with van der Waals surface area (Å²) < 4.78 is 19.2.